The predicted molar refractivity (Wildman–Crippen MR) is 139 cm³/mol. The van der Waals surface area contributed by atoms with Crippen LogP contribution in [0.15, 0.2) is 35.3 Å². The van der Waals surface area contributed by atoms with Crippen LogP contribution < -0.4 is 10.6 Å². The number of likely N-dealkylation sites (N-methyl/N-ethyl adjacent to an activating group) is 1. The first-order chi connectivity index (χ1) is 14.0. The normalized spacial score (nSPS) is 18.3. The Bertz CT molecular complexity index is 771. The third-order valence-corrected chi connectivity index (χ3v) is 6.93. The Hall–Kier alpha value is -0.940. The van der Waals surface area contributed by atoms with E-state index >= 15 is 0 Å². The molecule has 0 saturated carbocycles. The number of aliphatic hydroxyl groups is 1. The molecule has 2 heterocycles. The average Bonchev–Trinajstić information content (AvgIpc) is 3.15. The van der Waals surface area contributed by atoms with Crippen molar-refractivity contribution in [3.05, 3.63) is 35.2 Å². The largest absolute Gasteiger partial charge is 0.386 e. The molecular formula is C22H36IN5OS. The smallest absolute Gasteiger partial charge is 0.191 e. The molecule has 2 unspecified atom stereocenters. The molecule has 30 heavy (non-hydrogen) atoms. The molecule has 1 aromatic heterocycles. The van der Waals surface area contributed by atoms with Gasteiger partial charge in [-0.05, 0) is 30.5 Å². The Morgan fingerprint density at radius 2 is 1.80 bits per heavy atom. The average molecular weight is 546 g/mol. The lowest BCUT2D eigenvalue weighted by molar-refractivity contribution is 0.0899. The van der Waals surface area contributed by atoms with Crippen LogP contribution >= 0.6 is 35.3 Å². The molecule has 2 atom stereocenters. The maximum Gasteiger partial charge on any atom is 0.191 e. The second-order valence-electron chi connectivity index (χ2n) is 8.19. The second-order valence-corrected chi connectivity index (χ2v) is 9.30. The minimum absolute atomic E-state index is 0. The van der Waals surface area contributed by atoms with Gasteiger partial charge in [0.1, 0.15) is 6.10 Å². The van der Waals surface area contributed by atoms with Crippen molar-refractivity contribution in [2.45, 2.75) is 26.0 Å². The summed E-state index contributed by atoms with van der Waals surface area (Å²) in [5, 5.41) is 18.5. The number of hydrogen-bond acceptors (Lipinski definition) is 5. The van der Waals surface area contributed by atoms with Gasteiger partial charge in [-0.25, -0.2) is 0 Å². The molecule has 1 saturated heterocycles. The lowest BCUT2D eigenvalue weighted by Gasteiger charge is -2.40. The Balaban J connectivity index is 0.00000320. The number of thiophene rings is 1. The first kappa shape index (κ1) is 25.3. The van der Waals surface area contributed by atoms with Gasteiger partial charge in [0, 0.05) is 61.9 Å². The van der Waals surface area contributed by atoms with E-state index in [4.69, 9.17) is 0 Å². The van der Waals surface area contributed by atoms with Crippen LogP contribution in [0.5, 0.6) is 0 Å². The van der Waals surface area contributed by atoms with Crippen LogP contribution in [0, 0.1) is 5.92 Å². The predicted octanol–water partition coefficient (Wildman–Crippen LogP) is 2.99. The Morgan fingerprint density at radius 1 is 1.13 bits per heavy atom. The van der Waals surface area contributed by atoms with Crippen LogP contribution in [0.3, 0.4) is 0 Å². The van der Waals surface area contributed by atoms with Gasteiger partial charge < -0.3 is 20.6 Å². The van der Waals surface area contributed by atoms with Crippen molar-refractivity contribution < 1.29 is 5.11 Å². The van der Waals surface area contributed by atoms with E-state index in [1.165, 1.54) is 10.1 Å². The van der Waals surface area contributed by atoms with Crippen molar-refractivity contribution in [3.8, 4) is 0 Å². The molecule has 1 aliphatic heterocycles. The van der Waals surface area contributed by atoms with Gasteiger partial charge in [0.05, 0.1) is 0 Å². The summed E-state index contributed by atoms with van der Waals surface area (Å²) >= 11 is 1.64. The lowest BCUT2D eigenvalue weighted by Crippen LogP contribution is -2.55. The van der Waals surface area contributed by atoms with Crippen molar-refractivity contribution >= 4 is 51.4 Å². The summed E-state index contributed by atoms with van der Waals surface area (Å²) in [6.45, 7) is 10.3. The van der Waals surface area contributed by atoms with E-state index < -0.39 is 6.10 Å². The van der Waals surface area contributed by atoms with Gasteiger partial charge >= 0.3 is 0 Å². The summed E-state index contributed by atoms with van der Waals surface area (Å²) in [6.07, 6.45) is -0.551. The summed E-state index contributed by atoms with van der Waals surface area (Å²) in [5.74, 6) is 1.30. The van der Waals surface area contributed by atoms with Gasteiger partial charge in [-0.3, -0.25) is 9.89 Å². The van der Waals surface area contributed by atoms with Crippen molar-refractivity contribution in [2.75, 3.05) is 53.4 Å². The molecule has 0 aliphatic carbocycles. The number of nitrogens with one attached hydrogen (secondary N) is 2. The van der Waals surface area contributed by atoms with E-state index in [2.05, 4.69) is 64.5 Å². The molecule has 6 nitrogen and oxygen atoms in total. The fourth-order valence-electron chi connectivity index (χ4n) is 3.82. The molecule has 1 fully saturated rings. The van der Waals surface area contributed by atoms with Gasteiger partial charge in [-0.2, -0.15) is 0 Å². The topological polar surface area (TPSA) is 63.1 Å². The summed E-state index contributed by atoms with van der Waals surface area (Å²) < 4.78 is 1.20. The van der Waals surface area contributed by atoms with Gasteiger partial charge in [-0.1, -0.05) is 32.0 Å². The van der Waals surface area contributed by atoms with Crippen molar-refractivity contribution in [1.29, 1.82) is 0 Å². The number of aliphatic imine (C=N–C) groups is 1. The van der Waals surface area contributed by atoms with E-state index in [1.807, 2.05) is 12.1 Å². The van der Waals surface area contributed by atoms with E-state index in [-0.39, 0.29) is 24.0 Å². The van der Waals surface area contributed by atoms with Gasteiger partial charge in [0.25, 0.3) is 0 Å². The quantitative estimate of drug-likeness (QED) is 0.284. The maximum atomic E-state index is 10.6. The highest BCUT2D eigenvalue weighted by atomic mass is 127. The van der Waals surface area contributed by atoms with Crippen LogP contribution in [-0.4, -0.2) is 80.3 Å². The highest BCUT2D eigenvalue weighted by molar-refractivity contribution is 14.0. The number of nitrogens with zero attached hydrogens (tertiary/aromatic N) is 3. The number of halogens is 1. The third-order valence-electron chi connectivity index (χ3n) is 5.71. The molecule has 0 bridgehead atoms. The van der Waals surface area contributed by atoms with E-state index in [0.717, 1.165) is 43.6 Å². The van der Waals surface area contributed by atoms with Gasteiger partial charge in [-0.15, -0.1) is 35.3 Å². The highest BCUT2D eigenvalue weighted by Crippen LogP contribution is 2.29. The minimum atomic E-state index is -0.551. The summed E-state index contributed by atoms with van der Waals surface area (Å²) in [7, 11) is 3.97. The van der Waals surface area contributed by atoms with Crippen LogP contribution in [-0.2, 0) is 0 Å². The molecular weight excluding hydrogens is 509 g/mol. The van der Waals surface area contributed by atoms with Crippen LogP contribution in [0.1, 0.15) is 24.8 Å². The van der Waals surface area contributed by atoms with Crippen LogP contribution in [0.4, 0.5) is 0 Å². The third kappa shape index (κ3) is 6.78. The first-order valence-electron chi connectivity index (χ1n) is 10.5. The number of piperazine rings is 1. The first-order valence-corrected chi connectivity index (χ1v) is 11.3. The molecule has 3 N–H and O–H groups in total. The Kier molecular flexibility index (Phi) is 10.3. The number of fused-ring (bicyclic) bond motifs is 1. The second kappa shape index (κ2) is 12.2. The Labute approximate surface area is 201 Å². The zero-order valence-corrected chi connectivity index (χ0v) is 21.6. The van der Waals surface area contributed by atoms with E-state index in [1.54, 1.807) is 18.4 Å². The number of benzene rings is 1. The summed E-state index contributed by atoms with van der Waals surface area (Å²) in [4.78, 5) is 10.3. The van der Waals surface area contributed by atoms with Crippen molar-refractivity contribution in [1.82, 2.24) is 20.4 Å². The van der Waals surface area contributed by atoms with Gasteiger partial charge in [0.2, 0.25) is 0 Å². The van der Waals surface area contributed by atoms with Gasteiger partial charge in [0.15, 0.2) is 5.96 Å². The van der Waals surface area contributed by atoms with E-state index in [0.29, 0.717) is 18.5 Å². The van der Waals surface area contributed by atoms with E-state index in [9.17, 15) is 5.11 Å². The summed E-state index contributed by atoms with van der Waals surface area (Å²) in [6, 6.07) is 10.8. The number of rotatable bonds is 7. The fraction of sp³-hybridized carbons (Fsp3) is 0.591. The zero-order valence-electron chi connectivity index (χ0n) is 18.5. The standard InChI is InChI=1S/C22H35N5OS.HI/c1-16(2)18(27-11-9-26(4)10-12-27)14-24-22(23-3)25-15-19(28)21-13-17-7-5-6-8-20(17)29-21;/h5-8,13,16,18-19,28H,9-12,14-15H2,1-4H3,(H2,23,24,25);1H. The zero-order chi connectivity index (χ0) is 20.8. The van der Waals surface area contributed by atoms with Crippen molar-refractivity contribution in [3.63, 3.8) is 0 Å². The molecule has 0 amide bonds. The molecule has 3 rings (SSSR count). The van der Waals surface area contributed by atoms with Crippen molar-refractivity contribution in [2.24, 2.45) is 10.9 Å². The number of guanidine groups is 1. The SMILES string of the molecule is CN=C(NCC(O)c1cc2ccccc2s1)NCC(C(C)C)N1CCN(C)CC1.I. The highest BCUT2D eigenvalue weighted by Gasteiger charge is 2.25. The van der Waals surface area contributed by atoms with Crippen LogP contribution in [0.2, 0.25) is 0 Å². The monoisotopic (exact) mass is 545 g/mol. The molecule has 0 radical (unpaired) electrons. The summed E-state index contributed by atoms with van der Waals surface area (Å²) in [5.41, 5.74) is 0. The fourth-order valence-corrected chi connectivity index (χ4v) is 4.87. The Morgan fingerprint density at radius 3 is 2.43 bits per heavy atom. The molecule has 1 aliphatic rings. The molecule has 168 valence electrons. The number of aliphatic hydroxyl groups excluding tert-OH is 1. The molecule has 2 aromatic rings. The maximum absolute atomic E-state index is 10.6. The van der Waals surface area contributed by atoms with Crippen LogP contribution in [0.25, 0.3) is 10.1 Å². The molecule has 8 heteroatoms. The lowest BCUT2D eigenvalue weighted by atomic mass is 10.0. The molecule has 1 aromatic carbocycles. The molecule has 0 spiro atoms. The number of hydrogen-bond donors (Lipinski definition) is 3. The minimum Gasteiger partial charge on any atom is -0.386 e.